The van der Waals surface area contributed by atoms with Crippen LogP contribution in [-0.4, -0.2) is 53.8 Å². The maximum Gasteiger partial charge on any atom is 0.305 e. The molecule has 2 rings (SSSR count). The molecule has 0 aliphatic carbocycles. The number of Topliss-reactive ketones (excluding diaryl/α,β-unsaturated/α-hetero) is 1. The van der Waals surface area contributed by atoms with E-state index in [1.54, 1.807) is 6.92 Å². The molecule has 1 amide bonds. The van der Waals surface area contributed by atoms with E-state index in [1.165, 1.54) is 23.9 Å². The van der Waals surface area contributed by atoms with Gasteiger partial charge in [-0.25, -0.2) is 4.98 Å². The molecule has 12 heteroatoms. The van der Waals surface area contributed by atoms with Gasteiger partial charge in [-0.3, -0.25) is 23.7 Å². The standard InChI is InChI=1S/C20H29N7O5/c1-6-14(18(31)23-13(11(2)28)7-16(29)30)27-10-15(20(3,4)5)24-17(19(27)32)21-8-12-9-22-26-25-12/h9-10,13-14H,6-8H2,1-5H3,(H,21,24)(H,23,31)(H,29,30)(H,22,25,26)/t13-,14-/m0/s1. The van der Waals surface area contributed by atoms with E-state index in [4.69, 9.17) is 5.11 Å². The summed E-state index contributed by atoms with van der Waals surface area (Å²) in [6.07, 6.45) is 2.73. The van der Waals surface area contributed by atoms with Gasteiger partial charge in [0.15, 0.2) is 11.6 Å². The maximum atomic E-state index is 13.2. The number of carboxylic acid groups (broad SMARTS) is 1. The fourth-order valence-electron chi connectivity index (χ4n) is 2.95. The predicted octanol–water partition coefficient (Wildman–Crippen LogP) is 0.771. The molecule has 0 fully saturated rings. The van der Waals surface area contributed by atoms with Crippen molar-refractivity contribution in [3.05, 3.63) is 34.1 Å². The molecule has 0 radical (unpaired) electrons. The third-order valence-corrected chi connectivity index (χ3v) is 4.81. The number of hydrogen-bond acceptors (Lipinski definition) is 8. The topological polar surface area (TPSA) is 172 Å². The summed E-state index contributed by atoms with van der Waals surface area (Å²) in [6, 6.07) is -2.15. The van der Waals surface area contributed by atoms with Crippen LogP contribution in [0, 0.1) is 0 Å². The number of ketones is 1. The van der Waals surface area contributed by atoms with Crippen LogP contribution in [0.25, 0.3) is 0 Å². The number of hydrogen-bond donors (Lipinski definition) is 4. The molecule has 0 bridgehead atoms. The van der Waals surface area contributed by atoms with Crippen molar-refractivity contribution in [1.29, 1.82) is 0 Å². The molecule has 2 atom stereocenters. The number of carbonyl (C=O) groups is 3. The second-order valence-electron chi connectivity index (χ2n) is 8.45. The SMILES string of the molecule is CC[C@@H](C(=O)N[C@@H](CC(=O)O)C(C)=O)n1cc(C(C)(C)C)nc(NCc2cn[nH]n2)c1=O. The maximum absolute atomic E-state index is 13.2. The lowest BCUT2D eigenvalue weighted by Crippen LogP contribution is -2.46. The van der Waals surface area contributed by atoms with Crippen LogP contribution in [0.5, 0.6) is 0 Å². The Kier molecular flexibility index (Phi) is 7.84. The van der Waals surface area contributed by atoms with E-state index in [0.29, 0.717) is 11.4 Å². The Balaban J connectivity index is 2.43. The molecule has 0 saturated carbocycles. The van der Waals surface area contributed by atoms with Gasteiger partial charge in [-0.15, -0.1) is 0 Å². The molecule has 2 aromatic rings. The van der Waals surface area contributed by atoms with E-state index in [0.717, 1.165) is 0 Å². The fraction of sp³-hybridized carbons (Fsp3) is 0.550. The largest absolute Gasteiger partial charge is 0.481 e. The van der Waals surface area contributed by atoms with Crippen LogP contribution < -0.4 is 16.2 Å². The molecule has 0 aliphatic heterocycles. The second kappa shape index (κ2) is 10.2. The van der Waals surface area contributed by atoms with Crippen molar-refractivity contribution in [2.45, 2.75) is 71.5 Å². The van der Waals surface area contributed by atoms with Crippen molar-refractivity contribution >= 4 is 23.5 Å². The summed E-state index contributed by atoms with van der Waals surface area (Å²) >= 11 is 0. The molecule has 0 unspecified atom stereocenters. The molecule has 0 saturated heterocycles. The van der Waals surface area contributed by atoms with Crippen molar-refractivity contribution in [3.63, 3.8) is 0 Å². The average Bonchev–Trinajstić information content (AvgIpc) is 3.20. The highest BCUT2D eigenvalue weighted by Gasteiger charge is 2.28. The first-order valence-corrected chi connectivity index (χ1v) is 10.2. The van der Waals surface area contributed by atoms with Crippen molar-refractivity contribution in [2.24, 2.45) is 0 Å². The highest BCUT2D eigenvalue weighted by atomic mass is 16.4. The minimum Gasteiger partial charge on any atom is -0.481 e. The third kappa shape index (κ3) is 6.22. The molecule has 12 nitrogen and oxygen atoms in total. The number of H-pyrrole nitrogens is 1. The lowest BCUT2D eigenvalue weighted by atomic mass is 9.92. The lowest BCUT2D eigenvalue weighted by molar-refractivity contribution is -0.140. The van der Waals surface area contributed by atoms with Gasteiger partial charge in [0, 0.05) is 11.6 Å². The predicted molar refractivity (Wildman–Crippen MR) is 115 cm³/mol. The summed E-state index contributed by atoms with van der Waals surface area (Å²) in [7, 11) is 0. The zero-order valence-corrected chi connectivity index (χ0v) is 18.8. The van der Waals surface area contributed by atoms with Crippen LogP contribution in [0.3, 0.4) is 0 Å². The molecule has 32 heavy (non-hydrogen) atoms. The number of carbonyl (C=O) groups excluding carboxylic acids is 2. The molecule has 174 valence electrons. The third-order valence-electron chi connectivity index (χ3n) is 4.81. The van der Waals surface area contributed by atoms with Gasteiger partial charge in [-0.1, -0.05) is 27.7 Å². The summed E-state index contributed by atoms with van der Waals surface area (Å²) in [4.78, 5) is 53.4. The first-order valence-electron chi connectivity index (χ1n) is 10.2. The van der Waals surface area contributed by atoms with E-state index in [-0.39, 0.29) is 18.8 Å². The lowest BCUT2D eigenvalue weighted by Gasteiger charge is -2.25. The van der Waals surface area contributed by atoms with Gasteiger partial charge in [0.1, 0.15) is 11.7 Å². The van der Waals surface area contributed by atoms with Gasteiger partial charge in [0.2, 0.25) is 5.91 Å². The van der Waals surface area contributed by atoms with Crippen LogP contribution >= 0.6 is 0 Å². The van der Waals surface area contributed by atoms with E-state index in [1.807, 2.05) is 20.8 Å². The number of nitrogens with zero attached hydrogens (tertiary/aromatic N) is 4. The van der Waals surface area contributed by atoms with Crippen LogP contribution in [0.15, 0.2) is 17.2 Å². The Hall–Kier alpha value is -3.57. The first-order chi connectivity index (χ1) is 14.9. The second-order valence-corrected chi connectivity index (χ2v) is 8.45. The van der Waals surface area contributed by atoms with E-state index >= 15 is 0 Å². The number of amides is 1. The number of anilines is 1. The number of nitrogens with one attached hydrogen (secondary N) is 3. The van der Waals surface area contributed by atoms with Crippen molar-refractivity contribution in [1.82, 2.24) is 30.3 Å². The molecule has 2 aromatic heterocycles. The number of aromatic amines is 1. The van der Waals surface area contributed by atoms with Gasteiger partial charge in [-0.2, -0.15) is 15.4 Å². The molecule has 0 aromatic carbocycles. The molecule has 0 spiro atoms. The van der Waals surface area contributed by atoms with Crippen molar-refractivity contribution in [3.8, 4) is 0 Å². The number of carboxylic acids is 1. The van der Waals surface area contributed by atoms with Gasteiger partial charge in [0.05, 0.1) is 30.9 Å². The van der Waals surface area contributed by atoms with Crippen LogP contribution in [0.1, 0.15) is 64.9 Å². The monoisotopic (exact) mass is 447 g/mol. The van der Waals surface area contributed by atoms with Crippen molar-refractivity contribution in [2.75, 3.05) is 5.32 Å². The highest BCUT2D eigenvalue weighted by molar-refractivity contribution is 5.91. The van der Waals surface area contributed by atoms with Crippen molar-refractivity contribution < 1.29 is 19.5 Å². The molecular formula is C20H29N7O5. The van der Waals surface area contributed by atoms with Crippen LogP contribution in [-0.2, 0) is 26.3 Å². The smallest absolute Gasteiger partial charge is 0.305 e. The molecule has 0 aliphatic rings. The minimum absolute atomic E-state index is 0.0420. The first kappa shape index (κ1) is 24.7. The normalized spacial score (nSPS) is 13.3. The minimum atomic E-state index is -1.21. The molecule has 2 heterocycles. The van der Waals surface area contributed by atoms with E-state index < -0.39 is 47.1 Å². The van der Waals surface area contributed by atoms with E-state index in [9.17, 15) is 19.2 Å². The number of aliphatic carboxylic acids is 1. The Morgan fingerprint density at radius 3 is 2.47 bits per heavy atom. The Labute approximate surface area is 184 Å². The fourth-order valence-corrected chi connectivity index (χ4v) is 2.95. The summed E-state index contributed by atoms with van der Waals surface area (Å²) in [5.41, 5.74) is 0.183. The van der Waals surface area contributed by atoms with Gasteiger partial charge >= 0.3 is 5.97 Å². The van der Waals surface area contributed by atoms with Gasteiger partial charge in [0.25, 0.3) is 5.56 Å². The Morgan fingerprint density at radius 2 is 1.97 bits per heavy atom. The summed E-state index contributed by atoms with van der Waals surface area (Å²) in [5, 5.41) is 24.5. The summed E-state index contributed by atoms with van der Waals surface area (Å²) in [5.74, 6) is -2.28. The Morgan fingerprint density at radius 1 is 1.28 bits per heavy atom. The zero-order chi connectivity index (χ0) is 24.1. The number of aromatic nitrogens is 5. The molecular weight excluding hydrogens is 418 g/mol. The number of rotatable bonds is 10. The highest BCUT2D eigenvalue weighted by Crippen LogP contribution is 2.22. The van der Waals surface area contributed by atoms with E-state index in [2.05, 4.69) is 31.0 Å². The summed E-state index contributed by atoms with van der Waals surface area (Å²) < 4.78 is 1.27. The summed E-state index contributed by atoms with van der Waals surface area (Å²) in [6.45, 7) is 8.88. The van der Waals surface area contributed by atoms with Gasteiger partial charge in [-0.05, 0) is 13.3 Å². The average molecular weight is 447 g/mol. The molecule has 4 N–H and O–H groups in total. The Bertz CT molecular complexity index is 1020. The quantitative estimate of drug-likeness (QED) is 0.410. The van der Waals surface area contributed by atoms with Gasteiger partial charge < -0.3 is 15.7 Å². The van der Waals surface area contributed by atoms with Crippen LogP contribution in [0.4, 0.5) is 5.82 Å². The zero-order valence-electron chi connectivity index (χ0n) is 18.8. The van der Waals surface area contributed by atoms with Crippen LogP contribution in [0.2, 0.25) is 0 Å².